The van der Waals surface area contributed by atoms with Gasteiger partial charge in [0.05, 0.1) is 6.61 Å². The van der Waals surface area contributed by atoms with Gasteiger partial charge in [-0.3, -0.25) is 9.78 Å². The lowest BCUT2D eigenvalue weighted by Gasteiger charge is -2.35. The van der Waals surface area contributed by atoms with Crippen LogP contribution in [0.3, 0.4) is 0 Å². The first-order valence-electron chi connectivity index (χ1n) is 5.45. The second-order valence-electron chi connectivity index (χ2n) is 5.50. The summed E-state index contributed by atoms with van der Waals surface area (Å²) < 4.78 is 5.84. The van der Waals surface area contributed by atoms with E-state index in [2.05, 4.69) is 49.0 Å². The summed E-state index contributed by atoms with van der Waals surface area (Å²) in [5, 5.41) is 5.94. The van der Waals surface area contributed by atoms with Crippen molar-refractivity contribution in [2.75, 3.05) is 0 Å². The zero-order valence-electron chi connectivity index (χ0n) is 10.9. The number of H-pyrrole nitrogens is 2. The lowest BCUT2D eigenvalue weighted by Crippen LogP contribution is -2.41. The van der Waals surface area contributed by atoms with Crippen LogP contribution in [0.2, 0.25) is 18.1 Å². The van der Waals surface area contributed by atoms with Crippen LogP contribution in [0, 0.1) is 0 Å². The van der Waals surface area contributed by atoms with Crippen LogP contribution in [0.1, 0.15) is 26.5 Å². The molecule has 0 fully saturated rings. The summed E-state index contributed by atoms with van der Waals surface area (Å²) in [4.78, 5) is 24.3. The van der Waals surface area contributed by atoms with Crippen molar-refractivity contribution in [3.8, 4) is 0 Å². The van der Waals surface area contributed by atoms with Gasteiger partial charge in [0.2, 0.25) is 0 Å². The Morgan fingerprint density at radius 2 is 1.88 bits per heavy atom. The minimum absolute atomic E-state index is 0.0714. The van der Waals surface area contributed by atoms with Crippen LogP contribution in [0.5, 0.6) is 0 Å². The zero-order valence-corrected chi connectivity index (χ0v) is 11.9. The highest BCUT2D eigenvalue weighted by Gasteiger charge is 2.37. The lowest BCUT2D eigenvalue weighted by molar-refractivity contribution is 0.268. The Hall–Kier alpha value is -1.21. The molecule has 17 heavy (non-hydrogen) atoms. The van der Waals surface area contributed by atoms with Crippen LogP contribution in [0.4, 0.5) is 0 Å². The Bertz CT molecular complexity index is 498. The number of aromatic nitrogens is 3. The lowest BCUT2D eigenvalue weighted by atomic mass is 10.2. The summed E-state index contributed by atoms with van der Waals surface area (Å²) in [5.74, 6) is 0. The van der Waals surface area contributed by atoms with E-state index >= 15 is 0 Å². The molecule has 0 bridgehead atoms. The number of aromatic amines is 2. The SMILES string of the molecule is CC(C)(C)[Si](C)(C)OCc1n[nH]c(=O)[nH]c1=O. The van der Waals surface area contributed by atoms with Crippen molar-refractivity contribution in [1.29, 1.82) is 0 Å². The second-order valence-corrected chi connectivity index (χ2v) is 10.3. The monoisotopic (exact) mass is 257 g/mol. The van der Waals surface area contributed by atoms with Gasteiger partial charge in [-0.2, -0.15) is 5.10 Å². The number of hydrogen-bond donors (Lipinski definition) is 2. The smallest absolute Gasteiger partial charge is 0.342 e. The van der Waals surface area contributed by atoms with Crippen LogP contribution in [-0.4, -0.2) is 23.5 Å². The van der Waals surface area contributed by atoms with Crippen molar-refractivity contribution in [2.24, 2.45) is 0 Å². The molecule has 1 rings (SSSR count). The fourth-order valence-electron chi connectivity index (χ4n) is 0.935. The maximum atomic E-state index is 11.4. The van der Waals surface area contributed by atoms with Gasteiger partial charge in [0, 0.05) is 0 Å². The third-order valence-corrected chi connectivity index (χ3v) is 7.64. The summed E-state index contributed by atoms with van der Waals surface area (Å²) in [5.41, 5.74) is -0.895. The average Bonchev–Trinajstić information content (AvgIpc) is 2.14. The van der Waals surface area contributed by atoms with Crippen LogP contribution < -0.4 is 11.2 Å². The quantitative estimate of drug-likeness (QED) is 0.790. The normalized spacial score (nSPS) is 12.8. The molecule has 0 radical (unpaired) electrons. The molecule has 0 spiro atoms. The van der Waals surface area contributed by atoms with Gasteiger partial charge in [-0.05, 0) is 18.1 Å². The van der Waals surface area contributed by atoms with E-state index in [1.807, 2.05) is 0 Å². The molecule has 6 nitrogen and oxygen atoms in total. The molecule has 1 aromatic rings. The van der Waals surface area contributed by atoms with Crippen molar-refractivity contribution >= 4 is 8.32 Å². The third-order valence-electron chi connectivity index (χ3n) is 3.16. The van der Waals surface area contributed by atoms with E-state index in [0.29, 0.717) is 0 Å². The van der Waals surface area contributed by atoms with E-state index in [1.165, 1.54) is 0 Å². The Morgan fingerprint density at radius 3 is 2.35 bits per heavy atom. The average molecular weight is 257 g/mol. The van der Waals surface area contributed by atoms with Gasteiger partial charge < -0.3 is 4.43 Å². The number of rotatable bonds is 3. The predicted molar refractivity (Wildman–Crippen MR) is 67.5 cm³/mol. The zero-order chi connectivity index (χ0) is 13.3. The van der Waals surface area contributed by atoms with Crippen molar-refractivity contribution in [1.82, 2.24) is 15.2 Å². The topological polar surface area (TPSA) is 87.8 Å². The van der Waals surface area contributed by atoms with Crippen LogP contribution in [0.15, 0.2) is 9.59 Å². The molecular weight excluding hydrogens is 238 g/mol. The number of nitrogens with one attached hydrogen (secondary N) is 2. The third kappa shape index (κ3) is 3.37. The molecule has 0 aliphatic rings. The van der Waals surface area contributed by atoms with Gasteiger partial charge in [-0.25, -0.2) is 9.89 Å². The van der Waals surface area contributed by atoms with Crippen LogP contribution in [-0.2, 0) is 11.0 Å². The predicted octanol–water partition coefficient (Wildman–Crippen LogP) is 0.980. The molecule has 0 atom stereocenters. The number of hydrogen-bond acceptors (Lipinski definition) is 4. The van der Waals surface area contributed by atoms with Gasteiger partial charge in [-0.1, -0.05) is 20.8 Å². The molecule has 1 aromatic heterocycles. The summed E-state index contributed by atoms with van der Waals surface area (Å²) in [6.07, 6.45) is 0. The molecule has 0 aromatic carbocycles. The largest absolute Gasteiger partial charge is 0.411 e. The standard InChI is InChI=1S/C10H19N3O3Si/c1-10(2,3)17(4,5)16-6-7-8(14)11-9(15)13-12-7/h6H2,1-5H3,(H2,11,13,14,15). The summed E-state index contributed by atoms with van der Waals surface area (Å²) in [7, 11) is -1.91. The Balaban J connectivity index is 2.81. The van der Waals surface area contributed by atoms with Crippen molar-refractivity contribution in [3.05, 3.63) is 26.5 Å². The van der Waals surface area contributed by atoms with Crippen molar-refractivity contribution in [2.45, 2.75) is 45.5 Å². The Labute approximate surface area is 101 Å². The maximum absolute atomic E-state index is 11.4. The maximum Gasteiger partial charge on any atom is 0.342 e. The fourth-order valence-corrected chi connectivity index (χ4v) is 1.87. The highest BCUT2D eigenvalue weighted by Crippen LogP contribution is 2.36. The van der Waals surface area contributed by atoms with E-state index in [9.17, 15) is 9.59 Å². The van der Waals surface area contributed by atoms with Gasteiger partial charge in [-0.15, -0.1) is 0 Å². The highest BCUT2D eigenvalue weighted by molar-refractivity contribution is 6.74. The van der Waals surface area contributed by atoms with Crippen LogP contribution in [0.25, 0.3) is 0 Å². The first-order valence-corrected chi connectivity index (χ1v) is 8.36. The molecule has 1 heterocycles. The van der Waals surface area contributed by atoms with Gasteiger partial charge in [0.1, 0.15) is 0 Å². The molecule has 2 N–H and O–H groups in total. The summed E-state index contributed by atoms with van der Waals surface area (Å²) >= 11 is 0. The van der Waals surface area contributed by atoms with E-state index in [0.717, 1.165) is 0 Å². The Morgan fingerprint density at radius 1 is 1.29 bits per heavy atom. The fraction of sp³-hybridized carbons (Fsp3) is 0.700. The molecular formula is C10H19N3O3Si. The minimum atomic E-state index is -1.91. The van der Waals surface area contributed by atoms with Gasteiger partial charge >= 0.3 is 5.69 Å². The first-order chi connectivity index (χ1) is 7.63. The van der Waals surface area contributed by atoms with Gasteiger partial charge in [0.15, 0.2) is 14.0 Å². The molecule has 0 amide bonds. The summed E-state index contributed by atoms with van der Waals surface area (Å²) in [6, 6.07) is 0. The number of nitrogens with zero attached hydrogens (tertiary/aromatic N) is 1. The van der Waals surface area contributed by atoms with E-state index < -0.39 is 19.6 Å². The van der Waals surface area contributed by atoms with Crippen molar-refractivity contribution in [3.63, 3.8) is 0 Å². The summed E-state index contributed by atoms with van der Waals surface area (Å²) in [6.45, 7) is 10.7. The molecule has 0 unspecified atom stereocenters. The molecule has 0 aliphatic carbocycles. The molecule has 0 aliphatic heterocycles. The van der Waals surface area contributed by atoms with Crippen molar-refractivity contribution < 1.29 is 4.43 Å². The second kappa shape index (κ2) is 4.57. The van der Waals surface area contributed by atoms with Crippen LogP contribution >= 0.6 is 0 Å². The van der Waals surface area contributed by atoms with Gasteiger partial charge in [0.25, 0.3) is 5.56 Å². The molecule has 7 heteroatoms. The molecule has 0 saturated heterocycles. The first kappa shape index (κ1) is 13.9. The molecule has 0 saturated carbocycles. The van der Waals surface area contributed by atoms with E-state index in [-0.39, 0.29) is 17.3 Å². The van der Waals surface area contributed by atoms with E-state index in [1.54, 1.807) is 0 Å². The minimum Gasteiger partial charge on any atom is -0.411 e. The molecule has 96 valence electrons. The van der Waals surface area contributed by atoms with E-state index in [4.69, 9.17) is 4.43 Å². The Kier molecular flexibility index (Phi) is 3.73. The highest BCUT2D eigenvalue weighted by atomic mass is 28.4.